The lowest BCUT2D eigenvalue weighted by atomic mass is 10.0. The molecule has 2 heterocycles. The van der Waals surface area contributed by atoms with Crippen LogP contribution in [-0.4, -0.2) is 31.0 Å². The van der Waals surface area contributed by atoms with E-state index in [4.69, 9.17) is 9.15 Å². The van der Waals surface area contributed by atoms with Crippen molar-refractivity contribution < 1.29 is 13.9 Å². The molecule has 1 aliphatic rings. The third kappa shape index (κ3) is 2.54. The third-order valence-corrected chi connectivity index (χ3v) is 4.66. The first-order valence-electron chi connectivity index (χ1n) is 8.19. The number of fused-ring (bicyclic) bond motifs is 2. The lowest BCUT2D eigenvalue weighted by Gasteiger charge is -2.18. The Hall–Kier alpha value is -2.75. The van der Waals surface area contributed by atoms with Crippen molar-refractivity contribution in [1.82, 2.24) is 4.90 Å². The number of amides is 1. The SMILES string of the molecule is COc1cccc2c1CCN(C(=O)c1cc3ccccc3o1)CC2. The van der Waals surface area contributed by atoms with Crippen molar-refractivity contribution in [1.29, 1.82) is 0 Å². The predicted octanol–water partition coefficient (Wildman–Crippen LogP) is 3.68. The zero-order chi connectivity index (χ0) is 16.5. The molecule has 4 nitrogen and oxygen atoms in total. The molecule has 122 valence electrons. The number of para-hydroxylation sites is 1. The normalized spacial score (nSPS) is 14.3. The number of ether oxygens (including phenoxy) is 1. The van der Waals surface area contributed by atoms with Gasteiger partial charge in [0.25, 0.3) is 5.91 Å². The van der Waals surface area contributed by atoms with E-state index in [2.05, 4.69) is 6.07 Å². The minimum atomic E-state index is -0.0435. The van der Waals surface area contributed by atoms with Gasteiger partial charge in [-0.3, -0.25) is 4.79 Å². The number of benzene rings is 2. The number of methoxy groups -OCH3 is 1. The van der Waals surface area contributed by atoms with Gasteiger partial charge in [-0.05, 0) is 42.2 Å². The maximum atomic E-state index is 12.8. The molecular formula is C20H19NO3. The molecule has 4 heteroatoms. The molecule has 24 heavy (non-hydrogen) atoms. The van der Waals surface area contributed by atoms with Crippen LogP contribution in [0.3, 0.4) is 0 Å². The van der Waals surface area contributed by atoms with Gasteiger partial charge in [-0.15, -0.1) is 0 Å². The minimum absolute atomic E-state index is 0.0435. The smallest absolute Gasteiger partial charge is 0.289 e. The van der Waals surface area contributed by atoms with Gasteiger partial charge in [0.1, 0.15) is 11.3 Å². The lowest BCUT2D eigenvalue weighted by molar-refractivity contribution is 0.0733. The molecule has 1 aromatic heterocycles. The Morgan fingerprint density at radius 1 is 1.08 bits per heavy atom. The molecule has 0 aliphatic carbocycles. The second-order valence-electron chi connectivity index (χ2n) is 6.04. The molecule has 4 rings (SSSR count). The molecular weight excluding hydrogens is 302 g/mol. The molecule has 0 atom stereocenters. The highest BCUT2D eigenvalue weighted by Gasteiger charge is 2.23. The first kappa shape index (κ1) is 14.8. The van der Waals surface area contributed by atoms with E-state index < -0.39 is 0 Å². The van der Waals surface area contributed by atoms with Crippen LogP contribution in [0, 0.1) is 0 Å². The van der Waals surface area contributed by atoms with Gasteiger partial charge in [-0.2, -0.15) is 0 Å². The first-order chi connectivity index (χ1) is 11.8. The second-order valence-corrected chi connectivity index (χ2v) is 6.04. The van der Waals surface area contributed by atoms with Gasteiger partial charge in [0.05, 0.1) is 7.11 Å². The molecule has 1 amide bonds. The Kier molecular flexibility index (Phi) is 3.73. The lowest BCUT2D eigenvalue weighted by Crippen LogP contribution is -2.33. The first-order valence-corrected chi connectivity index (χ1v) is 8.19. The van der Waals surface area contributed by atoms with Crippen LogP contribution in [-0.2, 0) is 12.8 Å². The van der Waals surface area contributed by atoms with Crippen LogP contribution in [0.25, 0.3) is 11.0 Å². The van der Waals surface area contributed by atoms with Crippen LogP contribution < -0.4 is 4.74 Å². The van der Waals surface area contributed by atoms with Gasteiger partial charge in [0, 0.05) is 18.5 Å². The summed E-state index contributed by atoms with van der Waals surface area (Å²) in [7, 11) is 1.69. The molecule has 3 aromatic rings. The molecule has 0 saturated heterocycles. The average molecular weight is 321 g/mol. The summed E-state index contributed by atoms with van der Waals surface area (Å²) in [5, 5.41) is 0.959. The summed E-state index contributed by atoms with van der Waals surface area (Å²) in [6.07, 6.45) is 1.63. The average Bonchev–Trinajstić information content (AvgIpc) is 2.93. The van der Waals surface area contributed by atoms with E-state index in [-0.39, 0.29) is 5.91 Å². The topological polar surface area (TPSA) is 42.7 Å². The van der Waals surface area contributed by atoms with E-state index in [0.717, 1.165) is 29.6 Å². The summed E-state index contributed by atoms with van der Waals surface area (Å²) in [6.45, 7) is 1.36. The summed E-state index contributed by atoms with van der Waals surface area (Å²) in [6, 6.07) is 15.6. The molecule has 0 spiro atoms. The number of hydrogen-bond acceptors (Lipinski definition) is 3. The Morgan fingerprint density at radius 2 is 1.92 bits per heavy atom. The molecule has 0 N–H and O–H groups in total. The zero-order valence-corrected chi connectivity index (χ0v) is 13.6. The molecule has 2 aromatic carbocycles. The number of rotatable bonds is 2. The third-order valence-electron chi connectivity index (χ3n) is 4.66. The van der Waals surface area contributed by atoms with Gasteiger partial charge in [0.15, 0.2) is 5.76 Å². The Labute approximate surface area is 140 Å². The summed E-state index contributed by atoms with van der Waals surface area (Å²) in [4.78, 5) is 14.7. The highest BCUT2D eigenvalue weighted by Crippen LogP contribution is 2.27. The van der Waals surface area contributed by atoms with Gasteiger partial charge >= 0.3 is 0 Å². The maximum absolute atomic E-state index is 12.8. The molecule has 0 radical (unpaired) electrons. The standard InChI is InChI=1S/C20H19NO3/c1-23-18-8-4-6-14-9-11-21(12-10-16(14)18)20(22)19-13-15-5-2-3-7-17(15)24-19/h2-8,13H,9-12H2,1H3. The highest BCUT2D eigenvalue weighted by atomic mass is 16.5. The van der Waals surface area contributed by atoms with Crippen LogP contribution in [0.5, 0.6) is 5.75 Å². The van der Waals surface area contributed by atoms with E-state index in [9.17, 15) is 4.79 Å². The number of nitrogens with zero attached hydrogens (tertiary/aromatic N) is 1. The fourth-order valence-corrected chi connectivity index (χ4v) is 3.38. The Balaban J connectivity index is 1.58. The Morgan fingerprint density at radius 3 is 2.75 bits per heavy atom. The van der Waals surface area contributed by atoms with Crippen LogP contribution in [0.15, 0.2) is 52.9 Å². The van der Waals surface area contributed by atoms with Crippen molar-refractivity contribution >= 4 is 16.9 Å². The Bertz CT molecular complexity index is 864. The van der Waals surface area contributed by atoms with E-state index in [1.807, 2.05) is 47.4 Å². The van der Waals surface area contributed by atoms with E-state index in [1.165, 1.54) is 11.1 Å². The molecule has 0 unspecified atom stereocenters. The summed E-state index contributed by atoms with van der Waals surface area (Å²) < 4.78 is 11.2. The van der Waals surface area contributed by atoms with Crippen LogP contribution in [0.2, 0.25) is 0 Å². The predicted molar refractivity (Wildman–Crippen MR) is 92.5 cm³/mol. The zero-order valence-electron chi connectivity index (χ0n) is 13.6. The summed E-state index contributed by atoms with van der Waals surface area (Å²) in [5.74, 6) is 1.28. The maximum Gasteiger partial charge on any atom is 0.289 e. The van der Waals surface area contributed by atoms with Crippen molar-refractivity contribution in [3.8, 4) is 5.75 Å². The van der Waals surface area contributed by atoms with Crippen molar-refractivity contribution in [2.75, 3.05) is 20.2 Å². The van der Waals surface area contributed by atoms with E-state index in [1.54, 1.807) is 7.11 Å². The minimum Gasteiger partial charge on any atom is -0.496 e. The van der Waals surface area contributed by atoms with Crippen LogP contribution in [0.1, 0.15) is 21.7 Å². The molecule has 0 fully saturated rings. The monoisotopic (exact) mass is 321 g/mol. The van der Waals surface area contributed by atoms with Gasteiger partial charge in [-0.25, -0.2) is 0 Å². The quantitative estimate of drug-likeness (QED) is 0.723. The summed E-state index contributed by atoms with van der Waals surface area (Å²) in [5.41, 5.74) is 3.22. The van der Waals surface area contributed by atoms with Crippen molar-refractivity contribution in [2.45, 2.75) is 12.8 Å². The molecule has 1 aliphatic heterocycles. The number of furan rings is 1. The molecule has 0 bridgehead atoms. The van der Waals surface area contributed by atoms with E-state index >= 15 is 0 Å². The number of carbonyl (C=O) groups is 1. The summed E-state index contributed by atoms with van der Waals surface area (Å²) >= 11 is 0. The van der Waals surface area contributed by atoms with Crippen LogP contribution >= 0.6 is 0 Å². The van der Waals surface area contributed by atoms with Gasteiger partial charge in [-0.1, -0.05) is 30.3 Å². The number of hydrogen-bond donors (Lipinski definition) is 0. The van der Waals surface area contributed by atoms with Crippen molar-refractivity contribution in [2.24, 2.45) is 0 Å². The number of carbonyl (C=O) groups excluding carboxylic acids is 1. The van der Waals surface area contributed by atoms with Gasteiger partial charge < -0.3 is 14.1 Å². The fourth-order valence-electron chi connectivity index (χ4n) is 3.38. The van der Waals surface area contributed by atoms with Crippen molar-refractivity contribution in [3.63, 3.8) is 0 Å². The van der Waals surface area contributed by atoms with Gasteiger partial charge in [0.2, 0.25) is 0 Å². The largest absolute Gasteiger partial charge is 0.496 e. The highest BCUT2D eigenvalue weighted by molar-refractivity contribution is 5.96. The van der Waals surface area contributed by atoms with E-state index in [0.29, 0.717) is 18.8 Å². The van der Waals surface area contributed by atoms with Crippen molar-refractivity contribution in [3.05, 3.63) is 65.4 Å². The van der Waals surface area contributed by atoms with Crippen LogP contribution in [0.4, 0.5) is 0 Å². The fraction of sp³-hybridized carbons (Fsp3) is 0.250. The second kappa shape index (κ2) is 6.04. The molecule has 0 saturated carbocycles.